The maximum Gasteiger partial charge on any atom is 0.472 e. The van der Waals surface area contributed by atoms with Gasteiger partial charge in [0.1, 0.15) is 19.3 Å². The van der Waals surface area contributed by atoms with Crippen LogP contribution in [0.25, 0.3) is 0 Å². The molecule has 0 amide bonds. The highest BCUT2D eigenvalue weighted by atomic mass is 31.2. The number of ether oxygens (including phenoxy) is 4. The fraction of sp³-hybridized carbons (Fsp3) is 0.935. The van der Waals surface area contributed by atoms with Crippen molar-refractivity contribution in [3.63, 3.8) is 0 Å². The minimum Gasteiger partial charge on any atom is -0.462 e. The normalized spacial score (nSPS) is 14.4. The molecule has 0 aromatic heterocycles. The number of aliphatic hydroxyl groups excluding tert-OH is 1. The van der Waals surface area contributed by atoms with Gasteiger partial charge in [-0.3, -0.25) is 37.3 Å². The number of aliphatic hydroxyl groups is 1. The number of carbonyl (C=O) groups is 4. The molecule has 19 heteroatoms. The Morgan fingerprint density at radius 1 is 0.333 bits per heavy atom. The summed E-state index contributed by atoms with van der Waals surface area (Å²) in [6.45, 7) is 9.30. The first-order valence-corrected chi connectivity index (χ1v) is 35.5. The molecule has 2 unspecified atom stereocenters. The summed E-state index contributed by atoms with van der Waals surface area (Å²) in [5.74, 6) is -0.792. The molecule has 0 saturated heterocycles. The van der Waals surface area contributed by atoms with Crippen molar-refractivity contribution in [2.24, 2.45) is 11.8 Å². The summed E-state index contributed by atoms with van der Waals surface area (Å²) in [6, 6.07) is 0. The van der Waals surface area contributed by atoms with Gasteiger partial charge >= 0.3 is 39.5 Å². The molecule has 17 nitrogen and oxygen atoms in total. The third-order valence-electron chi connectivity index (χ3n) is 14.2. The minimum absolute atomic E-state index is 0.101. The van der Waals surface area contributed by atoms with Gasteiger partial charge < -0.3 is 33.8 Å². The summed E-state index contributed by atoms with van der Waals surface area (Å²) in [6.07, 6.45) is 36.4. The smallest absolute Gasteiger partial charge is 0.462 e. The first kappa shape index (κ1) is 79.1. The minimum atomic E-state index is -4.94. The highest BCUT2D eigenvalue weighted by Crippen LogP contribution is 2.45. The second-order valence-electron chi connectivity index (χ2n) is 23.4. The Morgan fingerprint density at radius 3 is 0.840 bits per heavy atom. The summed E-state index contributed by atoms with van der Waals surface area (Å²) in [4.78, 5) is 72.0. The predicted octanol–water partition coefficient (Wildman–Crippen LogP) is 16.9. The Labute approximate surface area is 492 Å². The van der Waals surface area contributed by atoms with Crippen molar-refractivity contribution >= 4 is 39.5 Å². The van der Waals surface area contributed by atoms with Gasteiger partial charge in [0.2, 0.25) is 0 Å². The molecule has 0 spiro atoms. The van der Waals surface area contributed by atoms with Gasteiger partial charge in [-0.1, -0.05) is 253 Å². The number of hydrogen-bond donors (Lipinski definition) is 3. The van der Waals surface area contributed by atoms with Crippen LogP contribution in [0, 0.1) is 11.8 Å². The highest BCUT2D eigenvalue weighted by Gasteiger charge is 2.30. The molecule has 0 fully saturated rings. The van der Waals surface area contributed by atoms with Gasteiger partial charge in [0.15, 0.2) is 12.2 Å². The zero-order chi connectivity index (χ0) is 60.1. The van der Waals surface area contributed by atoms with E-state index in [1.807, 2.05) is 0 Å². The summed E-state index contributed by atoms with van der Waals surface area (Å²) in [5, 5.41) is 10.5. The van der Waals surface area contributed by atoms with Gasteiger partial charge in [0.25, 0.3) is 0 Å². The molecule has 5 atom stereocenters. The van der Waals surface area contributed by atoms with Gasteiger partial charge in [-0.15, -0.1) is 0 Å². The first-order chi connectivity index (χ1) is 38.9. The molecule has 0 aromatic rings. The Balaban J connectivity index is 5.23. The largest absolute Gasteiger partial charge is 0.472 e. The Bertz CT molecular complexity index is 1600. The topological polar surface area (TPSA) is 237 Å². The van der Waals surface area contributed by atoms with Crippen LogP contribution in [0.5, 0.6) is 0 Å². The summed E-state index contributed by atoms with van der Waals surface area (Å²) >= 11 is 0. The lowest BCUT2D eigenvalue weighted by Crippen LogP contribution is -2.30. The number of carbonyl (C=O) groups excluding carboxylic acids is 4. The van der Waals surface area contributed by atoms with Crippen LogP contribution < -0.4 is 0 Å². The van der Waals surface area contributed by atoms with E-state index in [-0.39, 0.29) is 25.7 Å². The van der Waals surface area contributed by atoms with Crippen LogP contribution in [-0.2, 0) is 65.4 Å². The molecular weight excluding hydrogens is 1080 g/mol. The van der Waals surface area contributed by atoms with Gasteiger partial charge in [-0.25, -0.2) is 9.13 Å². The van der Waals surface area contributed by atoms with Gasteiger partial charge in [-0.05, 0) is 37.5 Å². The van der Waals surface area contributed by atoms with E-state index in [9.17, 15) is 43.2 Å². The van der Waals surface area contributed by atoms with Crippen molar-refractivity contribution in [1.29, 1.82) is 0 Å². The van der Waals surface area contributed by atoms with Gasteiger partial charge in [0.05, 0.1) is 26.4 Å². The lowest BCUT2D eigenvalue weighted by molar-refractivity contribution is -0.161. The number of phosphoric acid groups is 2. The van der Waals surface area contributed by atoms with Crippen LogP contribution in [0.4, 0.5) is 0 Å². The SMILES string of the molecule is CCCCCCCCCCCCCCC(=O)O[C@H](COC(=O)CCCCCCCCCCCCC)COP(=O)(O)OC[C@@H](O)COP(=O)(O)OC[C@@H](COC(=O)CCCCCCCCC(C)C)OC(=O)CCCCCCCCC(C)C. The monoisotopic (exact) mass is 1200 g/mol. The number of rotatable bonds is 61. The van der Waals surface area contributed by atoms with Crippen LogP contribution in [0.15, 0.2) is 0 Å². The van der Waals surface area contributed by atoms with Crippen LogP contribution in [-0.4, -0.2) is 96.7 Å². The lowest BCUT2D eigenvalue weighted by atomic mass is 10.0. The van der Waals surface area contributed by atoms with E-state index in [1.165, 1.54) is 116 Å². The third-order valence-corrected chi connectivity index (χ3v) is 16.1. The fourth-order valence-corrected chi connectivity index (χ4v) is 10.8. The zero-order valence-corrected chi connectivity index (χ0v) is 53.9. The number of hydrogen-bond acceptors (Lipinski definition) is 15. The van der Waals surface area contributed by atoms with E-state index < -0.39 is 97.5 Å². The quantitative estimate of drug-likeness (QED) is 0.0222. The number of phosphoric ester groups is 2. The first-order valence-electron chi connectivity index (χ1n) is 32.5. The maximum absolute atomic E-state index is 12.9. The van der Waals surface area contributed by atoms with E-state index in [4.69, 9.17) is 37.0 Å². The summed E-state index contributed by atoms with van der Waals surface area (Å²) in [5.41, 5.74) is 0. The highest BCUT2D eigenvalue weighted by molar-refractivity contribution is 7.47. The molecular formula is C62H120O17P2. The Kier molecular flexibility index (Phi) is 53.4. The second-order valence-corrected chi connectivity index (χ2v) is 26.3. The van der Waals surface area contributed by atoms with E-state index in [1.54, 1.807) is 0 Å². The summed E-state index contributed by atoms with van der Waals surface area (Å²) in [7, 11) is -9.88. The lowest BCUT2D eigenvalue weighted by Gasteiger charge is -2.21. The fourth-order valence-electron chi connectivity index (χ4n) is 9.18. The van der Waals surface area contributed by atoms with Gasteiger partial charge in [-0.2, -0.15) is 0 Å². The van der Waals surface area contributed by atoms with Gasteiger partial charge in [0, 0.05) is 25.7 Å². The van der Waals surface area contributed by atoms with Crippen LogP contribution in [0.3, 0.4) is 0 Å². The molecule has 0 saturated carbocycles. The van der Waals surface area contributed by atoms with Crippen molar-refractivity contribution in [1.82, 2.24) is 0 Å². The third kappa shape index (κ3) is 56.9. The average Bonchev–Trinajstić information content (AvgIpc) is 3.42. The van der Waals surface area contributed by atoms with E-state index >= 15 is 0 Å². The molecule has 0 aliphatic heterocycles. The standard InChI is InChI=1S/C62H120O17P2/c1-7-9-11-13-15-17-19-21-23-25-34-40-46-61(66)78-57(50-72-59(64)44-38-32-24-22-20-18-16-14-12-10-8-2)52-76-80(68,69)74-48-56(63)49-75-81(70,71)77-53-58(79-62(67)47-41-35-29-27-31-37-43-55(5)6)51-73-60(65)45-39-33-28-26-30-36-42-54(3)4/h54-58,63H,7-53H2,1-6H3,(H,68,69)(H,70,71)/t56-,57-,58-/m1/s1. The van der Waals surface area contributed by atoms with Crippen LogP contribution in [0.2, 0.25) is 0 Å². The van der Waals surface area contributed by atoms with Crippen molar-refractivity contribution in [3.05, 3.63) is 0 Å². The Morgan fingerprint density at radius 2 is 0.568 bits per heavy atom. The molecule has 0 bridgehead atoms. The second kappa shape index (κ2) is 54.7. The maximum atomic E-state index is 12.9. The predicted molar refractivity (Wildman–Crippen MR) is 321 cm³/mol. The molecule has 0 aromatic carbocycles. The van der Waals surface area contributed by atoms with Crippen LogP contribution in [0.1, 0.15) is 305 Å². The van der Waals surface area contributed by atoms with E-state index in [0.29, 0.717) is 37.5 Å². The molecule has 0 heterocycles. The van der Waals surface area contributed by atoms with Crippen molar-refractivity contribution in [3.8, 4) is 0 Å². The molecule has 0 radical (unpaired) electrons. The molecule has 3 N–H and O–H groups in total. The zero-order valence-electron chi connectivity index (χ0n) is 52.1. The molecule has 0 aliphatic carbocycles. The molecule has 0 rings (SSSR count). The summed E-state index contributed by atoms with van der Waals surface area (Å²) < 4.78 is 67.8. The number of esters is 4. The van der Waals surface area contributed by atoms with Crippen molar-refractivity contribution in [2.75, 3.05) is 39.6 Å². The average molecular weight is 1200 g/mol. The molecule has 81 heavy (non-hydrogen) atoms. The van der Waals surface area contributed by atoms with E-state index in [2.05, 4.69) is 41.5 Å². The van der Waals surface area contributed by atoms with Crippen molar-refractivity contribution in [2.45, 2.75) is 323 Å². The van der Waals surface area contributed by atoms with E-state index in [0.717, 1.165) is 96.3 Å². The van der Waals surface area contributed by atoms with Crippen molar-refractivity contribution < 1.29 is 80.2 Å². The molecule has 480 valence electrons. The van der Waals surface area contributed by atoms with Crippen LogP contribution >= 0.6 is 15.6 Å². The number of unbranched alkanes of at least 4 members (excludes halogenated alkanes) is 31. The Hall–Kier alpha value is -1.94. The molecule has 0 aliphatic rings.